The number of carbonyl (C=O) groups excluding carboxylic acids is 1. The van der Waals surface area contributed by atoms with Gasteiger partial charge in [-0.25, -0.2) is 0 Å². The highest BCUT2D eigenvalue weighted by molar-refractivity contribution is 6.00. The van der Waals surface area contributed by atoms with Gasteiger partial charge in [-0.3, -0.25) is 9.59 Å². The third kappa shape index (κ3) is 2.66. The third-order valence-corrected chi connectivity index (χ3v) is 3.21. The Kier molecular flexibility index (Phi) is 4.08. The predicted octanol–water partition coefficient (Wildman–Crippen LogP) is 2.25. The zero-order chi connectivity index (χ0) is 14.7. The normalized spacial score (nSPS) is 12.3. The number of carboxylic acids is 1. The first kappa shape index (κ1) is 14.1. The number of nitrogens with one attached hydrogen (secondary N) is 1. The summed E-state index contributed by atoms with van der Waals surface area (Å²) in [4.78, 5) is 23.1. The van der Waals surface area contributed by atoms with Gasteiger partial charge in [0.15, 0.2) is 0 Å². The van der Waals surface area contributed by atoms with Gasteiger partial charge in [0.25, 0.3) is 5.91 Å². The van der Waals surface area contributed by atoms with E-state index in [1.165, 1.54) is 6.92 Å². The summed E-state index contributed by atoms with van der Waals surface area (Å²) >= 11 is 0. The van der Waals surface area contributed by atoms with Crippen molar-refractivity contribution in [3.63, 3.8) is 0 Å². The van der Waals surface area contributed by atoms with Crippen LogP contribution in [-0.4, -0.2) is 27.6 Å². The van der Waals surface area contributed by atoms with E-state index in [0.29, 0.717) is 5.69 Å². The highest BCUT2D eigenvalue weighted by Crippen LogP contribution is 2.20. The van der Waals surface area contributed by atoms with E-state index in [1.54, 1.807) is 6.07 Å². The largest absolute Gasteiger partial charge is 0.480 e. The average molecular weight is 274 g/mol. The van der Waals surface area contributed by atoms with Gasteiger partial charge in [-0.15, -0.1) is 0 Å². The molecule has 2 N–H and O–H groups in total. The zero-order valence-electron chi connectivity index (χ0n) is 11.6. The maximum absolute atomic E-state index is 12.2. The van der Waals surface area contributed by atoms with Gasteiger partial charge in [0.1, 0.15) is 11.7 Å². The molecule has 0 spiro atoms. The monoisotopic (exact) mass is 274 g/mol. The molecule has 0 aliphatic carbocycles. The number of hydrogen-bond donors (Lipinski definition) is 2. The Morgan fingerprint density at radius 3 is 2.70 bits per heavy atom. The number of para-hydroxylation sites is 1. The molecule has 2 rings (SSSR count). The van der Waals surface area contributed by atoms with Crippen molar-refractivity contribution >= 4 is 22.8 Å². The molecule has 5 nitrogen and oxygen atoms in total. The molecule has 0 unspecified atom stereocenters. The first-order valence-electron chi connectivity index (χ1n) is 6.66. The van der Waals surface area contributed by atoms with E-state index in [4.69, 9.17) is 5.11 Å². The van der Waals surface area contributed by atoms with Crippen LogP contribution >= 0.6 is 0 Å². The van der Waals surface area contributed by atoms with Crippen LogP contribution < -0.4 is 5.32 Å². The topological polar surface area (TPSA) is 71.3 Å². The van der Waals surface area contributed by atoms with Crippen molar-refractivity contribution in [2.24, 2.45) is 0 Å². The number of hydrogen-bond acceptors (Lipinski definition) is 2. The molecule has 1 atom stereocenters. The highest BCUT2D eigenvalue weighted by atomic mass is 16.4. The minimum absolute atomic E-state index is 0.357. The highest BCUT2D eigenvalue weighted by Gasteiger charge is 2.19. The summed E-state index contributed by atoms with van der Waals surface area (Å²) in [6.07, 6.45) is 0.896. The first-order chi connectivity index (χ1) is 9.54. The van der Waals surface area contributed by atoms with Crippen LogP contribution in [0.2, 0.25) is 0 Å². The van der Waals surface area contributed by atoms with Gasteiger partial charge in [0, 0.05) is 17.4 Å². The molecule has 1 aromatic heterocycles. The second kappa shape index (κ2) is 5.77. The molecule has 0 radical (unpaired) electrons. The van der Waals surface area contributed by atoms with Gasteiger partial charge >= 0.3 is 5.97 Å². The van der Waals surface area contributed by atoms with Gasteiger partial charge in [-0.05, 0) is 25.5 Å². The number of amides is 1. The number of rotatable bonds is 5. The maximum atomic E-state index is 12.2. The quantitative estimate of drug-likeness (QED) is 0.878. The van der Waals surface area contributed by atoms with E-state index >= 15 is 0 Å². The molecule has 1 amide bonds. The van der Waals surface area contributed by atoms with Crippen molar-refractivity contribution in [2.45, 2.75) is 32.9 Å². The zero-order valence-corrected chi connectivity index (χ0v) is 11.6. The Morgan fingerprint density at radius 1 is 1.35 bits per heavy atom. The van der Waals surface area contributed by atoms with Crippen LogP contribution in [0.15, 0.2) is 30.3 Å². The summed E-state index contributed by atoms with van der Waals surface area (Å²) in [7, 11) is 0. The number of nitrogens with zero attached hydrogens (tertiary/aromatic N) is 1. The Hall–Kier alpha value is -2.30. The van der Waals surface area contributed by atoms with Gasteiger partial charge in [0.2, 0.25) is 0 Å². The van der Waals surface area contributed by atoms with Crippen LogP contribution in [0.3, 0.4) is 0 Å². The minimum Gasteiger partial charge on any atom is -0.480 e. The number of benzene rings is 1. The van der Waals surface area contributed by atoms with Crippen molar-refractivity contribution in [1.29, 1.82) is 0 Å². The van der Waals surface area contributed by atoms with Crippen molar-refractivity contribution in [3.8, 4) is 0 Å². The number of aromatic nitrogens is 1. The molecule has 0 bridgehead atoms. The van der Waals surface area contributed by atoms with E-state index in [9.17, 15) is 9.59 Å². The van der Waals surface area contributed by atoms with Crippen LogP contribution in [0.4, 0.5) is 0 Å². The van der Waals surface area contributed by atoms with Gasteiger partial charge in [-0.2, -0.15) is 0 Å². The first-order valence-corrected chi connectivity index (χ1v) is 6.66. The Balaban J connectivity index is 2.39. The molecule has 0 saturated heterocycles. The SMILES string of the molecule is CCCn1c(C(=O)N[C@H](C)C(=O)O)cc2ccccc21. The summed E-state index contributed by atoms with van der Waals surface area (Å²) in [5, 5.41) is 12.3. The van der Waals surface area contributed by atoms with E-state index < -0.39 is 12.0 Å². The maximum Gasteiger partial charge on any atom is 0.325 e. The number of carboxylic acid groups (broad SMARTS) is 1. The number of fused-ring (bicyclic) bond motifs is 1. The molecule has 20 heavy (non-hydrogen) atoms. The van der Waals surface area contributed by atoms with Gasteiger partial charge in [0.05, 0.1) is 0 Å². The van der Waals surface area contributed by atoms with E-state index in [2.05, 4.69) is 5.32 Å². The predicted molar refractivity (Wildman–Crippen MR) is 76.8 cm³/mol. The average Bonchev–Trinajstić information content (AvgIpc) is 2.78. The lowest BCUT2D eigenvalue weighted by atomic mass is 10.2. The molecule has 0 fully saturated rings. The number of aliphatic carboxylic acids is 1. The van der Waals surface area contributed by atoms with Crippen molar-refractivity contribution < 1.29 is 14.7 Å². The van der Waals surface area contributed by atoms with Crippen LogP contribution in [0.25, 0.3) is 10.9 Å². The van der Waals surface area contributed by atoms with Gasteiger partial charge < -0.3 is 15.0 Å². The molecule has 0 saturated carbocycles. The smallest absolute Gasteiger partial charge is 0.325 e. The van der Waals surface area contributed by atoms with E-state index in [1.807, 2.05) is 35.8 Å². The lowest BCUT2D eigenvalue weighted by Gasteiger charge is -2.12. The molecular weight excluding hydrogens is 256 g/mol. The second-order valence-electron chi connectivity index (χ2n) is 4.77. The van der Waals surface area contributed by atoms with E-state index in [0.717, 1.165) is 23.9 Å². The lowest BCUT2D eigenvalue weighted by Crippen LogP contribution is -2.39. The van der Waals surface area contributed by atoms with Crippen LogP contribution in [-0.2, 0) is 11.3 Å². The van der Waals surface area contributed by atoms with Crippen LogP contribution in [0, 0.1) is 0 Å². The summed E-state index contributed by atoms with van der Waals surface area (Å²) in [6, 6.07) is 8.64. The molecule has 5 heteroatoms. The number of aryl methyl sites for hydroxylation is 1. The van der Waals surface area contributed by atoms with Crippen LogP contribution in [0.5, 0.6) is 0 Å². The Labute approximate surface area is 117 Å². The summed E-state index contributed by atoms with van der Waals surface area (Å²) in [5.74, 6) is -1.40. The minimum atomic E-state index is -1.04. The molecular formula is C15H18N2O3. The molecule has 106 valence electrons. The molecule has 0 aliphatic rings. The fourth-order valence-corrected chi connectivity index (χ4v) is 2.20. The fourth-order valence-electron chi connectivity index (χ4n) is 2.20. The van der Waals surface area contributed by atoms with Crippen molar-refractivity contribution in [3.05, 3.63) is 36.0 Å². The molecule has 0 aliphatic heterocycles. The number of carbonyl (C=O) groups is 2. The standard InChI is InChI=1S/C15H18N2O3/c1-3-8-17-12-7-5-4-6-11(12)9-13(17)14(18)16-10(2)15(19)20/h4-7,9-10H,3,8H2,1-2H3,(H,16,18)(H,19,20)/t10-/m1/s1. The van der Waals surface area contributed by atoms with Crippen molar-refractivity contribution in [2.75, 3.05) is 0 Å². The fraction of sp³-hybridized carbons (Fsp3) is 0.333. The summed E-state index contributed by atoms with van der Waals surface area (Å²) < 4.78 is 1.93. The van der Waals surface area contributed by atoms with E-state index in [-0.39, 0.29) is 5.91 Å². The van der Waals surface area contributed by atoms with Gasteiger partial charge in [-0.1, -0.05) is 25.1 Å². The third-order valence-electron chi connectivity index (χ3n) is 3.21. The summed E-state index contributed by atoms with van der Waals surface area (Å²) in [6.45, 7) is 4.21. The summed E-state index contributed by atoms with van der Waals surface area (Å²) in [5.41, 5.74) is 1.49. The Morgan fingerprint density at radius 2 is 2.05 bits per heavy atom. The van der Waals surface area contributed by atoms with Crippen molar-refractivity contribution in [1.82, 2.24) is 9.88 Å². The lowest BCUT2D eigenvalue weighted by molar-refractivity contribution is -0.138. The second-order valence-corrected chi connectivity index (χ2v) is 4.77. The molecule has 1 aromatic carbocycles. The Bertz CT molecular complexity index is 646. The van der Waals surface area contributed by atoms with Crippen LogP contribution in [0.1, 0.15) is 30.8 Å². The molecule has 1 heterocycles. The molecule has 2 aromatic rings.